The van der Waals surface area contributed by atoms with Crippen LogP contribution in [0, 0.1) is 0 Å². The first kappa shape index (κ1) is 18.8. The largest absolute Gasteiger partial charge is 0.301 e. The number of anilines is 1. The van der Waals surface area contributed by atoms with Crippen LogP contribution in [0.5, 0.6) is 0 Å². The predicted octanol–water partition coefficient (Wildman–Crippen LogP) is 1.65. The highest BCUT2D eigenvalue weighted by molar-refractivity contribution is 7.90. The van der Waals surface area contributed by atoms with Gasteiger partial charge >= 0.3 is 10.2 Å². The van der Waals surface area contributed by atoms with Crippen molar-refractivity contribution in [2.75, 3.05) is 25.4 Å². The molecule has 2 aromatic carbocycles. The van der Waals surface area contributed by atoms with Crippen molar-refractivity contribution in [3.8, 4) is 0 Å². The molecule has 1 aliphatic heterocycles. The minimum atomic E-state index is -3.64. The Labute approximate surface area is 154 Å². The van der Waals surface area contributed by atoms with Crippen molar-refractivity contribution >= 4 is 25.9 Å². The lowest BCUT2D eigenvalue weighted by Gasteiger charge is -2.28. The highest BCUT2D eigenvalue weighted by Crippen LogP contribution is 2.25. The Hall–Kier alpha value is -1.94. The molecule has 0 saturated heterocycles. The van der Waals surface area contributed by atoms with Gasteiger partial charge in [-0.1, -0.05) is 24.3 Å². The Balaban J connectivity index is 1.80. The Bertz CT molecular complexity index is 1000. The number of hydrogen-bond acceptors (Lipinski definition) is 4. The van der Waals surface area contributed by atoms with Crippen molar-refractivity contribution < 1.29 is 16.8 Å². The van der Waals surface area contributed by atoms with Gasteiger partial charge in [0.25, 0.3) is 0 Å². The molecule has 0 spiro atoms. The van der Waals surface area contributed by atoms with Gasteiger partial charge in [0.05, 0.1) is 4.90 Å². The molecule has 1 N–H and O–H groups in total. The zero-order chi connectivity index (χ0) is 18.9. The lowest BCUT2D eigenvalue weighted by molar-refractivity contribution is 0.391. The minimum Gasteiger partial charge on any atom is -0.271 e. The molecule has 0 aliphatic carbocycles. The summed E-state index contributed by atoms with van der Waals surface area (Å²) in [6.45, 7) is 0.766. The lowest BCUT2D eigenvalue weighted by Crippen LogP contribution is -2.35. The molecule has 0 amide bonds. The summed E-state index contributed by atoms with van der Waals surface area (Å²) in [7, 11) is -4.44. The second kappa shape index (κ2) is 6.99. The minimum absolute atomic E-state index is 0.143. The number of hydrogen-bond donors (Lipinski definition) is 1. The van der Waals surface area contributed by atoms with E-state index in [1.54, 1.807) is 0 Å². The van der Waals surface area contributed by atoms with Gasteiger partial charge < -0.3 is 0 Å². The molecule has 0 unspecified atom stereocenters. The fourth-order valence-electron chi connectivity index (χ4n) is 2.76. The highest BCUT2D eigenvalue weighted by Gasteiger charge is 2.28. The van der Waals surface area contributed by atoms with Gasteiger partial charge in [0.2, 0.25) is 10.0 Å². The molecule has 0 bridgehead atoms. The molecule has 7 nitrogen and oxygen atoms in total. The average Bonchev–Trinajstić information content (AvgIpc) is 2.61. The lowest BCUT2D eigenvalue weighted by atomic mass is 10.0. The van der Waals surface area contributed by atoms with E-state index in [4.69, 9.17) is 0 Å². The molecule has 0 aromatic heterocycles. The molecule has 1 aliphatic rings. The Morgan fingerprint density at radius 2 is 1.54 bits per heavy atom. The number of nitrogens with zero attached hydrogens (tertiary/aromatic N) is 2. The van der Waals surface area contributed by atoms with Crippen molar-refractivity contribution in [2.24, 2.45) is 0 Å². The van der Waals surface area contributed by atoms with Gasteiger partial charge in [-0.2, -0.15) is 17.0 Å². The summed E-state index contributed by atoms with van der Waals surface area (Å²) in [5, 5.41) is 0. The summed E-state index contributed by atoms with van der Waals surface area (Å²) >= 11 is 0. The Morgan fingerprint density at radius 1 is 0.923 bits per heavy atom. The van der Waals surface area contributed by atoms with Crippen LogP contribution in [0.1, 0.15) is 11.1 Å². The second-order valence-electron chi connectivity index (χ2n) is 6.27. The molecule has 140 valence electrons. The first-order valence-corrected chi connectivity index (χ1v) is 11.0. The number of benzene rings is 2. The molecule has 9 heteroatoms. The van der Waals surface area contributed by atoms with E-state index in [1.807, 2.05) is 24.3 Å². The van der Waals surface area contributed by atoms with Crippen molar-refractivity contribution in [1.29, 1.82) is 0 Å². The summed E-state index contributed by atoms with van der Waals surface area (Å²) in [6.07, 6.45) is 0.677. The van der Waals surface area contributed by atoms with Crippen molar-refractivity contribution in [2.45, 2.75) is 17.9 Å². The van der Waals surface area contributed by atoms with E-state index in [1.165, 1.54) is 48.2 Å². The standard InChI is InChI=1S/C17H21N3O4S2/c1-19(2)26(23,24)18-16-7-9-17(10-8-16)25(21,22)20-12-11-14-5-3-4-6-15(14)13-20/h3-10,18H,11-13H2,1-2H3. The first-order valence-electron chi connectivity index (χ1n) is 8.07. The van der Waals surface area contributed by atoms with Gasteiger partial charge in [0.15, 0.2) is 0 Å². The summed E-state index contributed by atoms with van der Waals surface area (Å²) in [5.74, 6) is 0. The molecule has 0 saturated carbocycles. The molecule has 2 aromatic rings. The monoisotopic (exact) mass is 395 g/mol. The van der Waals surface area contributed by atoms with Crippen molar-refractivity contribution in [3.63, 3.8) is 0 Å². The van der Waals surface area contributed by atoms with E-state index in [2.05, 4.69) is 4.72 Å². The van der Waals surface area contributed by atoms with Crippen molar-refractivity contribution in [1.82, 2.24) is 8.61 Å². The van der Waals surface area contributed by atoms with Gasteiger partial charge in [-0.25, -0.2) is 8.42 Å². The fraction of sp³-hybridized carbons (Fsp3) is 0.294. The van der Waals surface area contributed by atoms with Gasteiger partial charge in [-0.15, -0.1) is 0 Å². The van der Waals surface area contributed by atoms with Crippen LogP contribution in [0.3, 0.4) is 0 Å². The van der Waals surface area contributed by atoms with Gasteiger partial charge in [0, 0.05) is 32.9 Å². The molecule has 0 fully saturated rings. The van der Waals surface area contributed by atoms with E-state index < -0.39 is 20.2 Å². The van der Waals surface area contributed by atoms with Crippen LogP contribution in [-0.2, 0) is 33.2 Å². The topological polar surface area (TPSA) is 86.8 Å². The Morgan fingerprint density at radius 3 is 2.15 bits per heavy atom. The summed E-state index contributed by atoms with van der Waals surface area (Å²) in [6, 6.07) is 13.6. The SMILES string of the molecule is CN(C)S(=O)(=O)Nc1ccc(S(=O)(=O)N2CCc3ccccc3C2)cc1. The third-order valence-corrected chi connectivity index (χ3v) is 7.63. The van der Waals surface area contributed by atoms with Crippen LogP contribution in [-0.4, -0.2) is 46.1 Å². The van der Waals surface area contributed by atoms with Crippen LogP contribution in [0.2, 0.25) is 0 Å². The maximum absolute atomic E-state index is 12.9. The fourth-order valence-corrected chi connectivity index (χ4v) is 4.79. The summed E-state index contributed by atoms with van der Waals surface area (Å²) in [5.41, 5.74) is 2.49. The first-order chi connectivity index (χ1) is 12.2. The molecule has 0 atom stereocenters. The quantitative estimate of drug-likeness (QED) is 0.834. The van der Waals surface area contributed by atoms with Gasteiger partial charge in [-0.3, -0.25) is 4.72 Å². The second-order valence-corrected chi connectivity index (χ2v) is 10.1. The van der Waals surface area contributed by atoms with E-state index in [0.29, 0.717) is 25.2 Å². The molecule has 0 radical (unpaired) electrons. The third kappa shape index (κ3) is 3.75. The molecular weight excluding hydrogens is 374 g/mol. The predicted molar refractivity (Wildman–Crippen MR) is 100 cm³/mol. The third-order valence-electron chi connectivity index (χ3n) is 4.32. The van der Waals surface area contributed by atoms with Crippen LogP contribution < -0.4 is 4.72 Å². The normalized spacial score (nSPS) is 15.7. The summed E-state index contributed by atoms with van der Waals surface area (Å²) in [4.78, 5) is 0.143. The maximum Gasteiger partial charge on any atom is 0.301 e. The van der Waals surface area contributed by atoms with E-state index in [9.17, 15) is 16.8 Å². The number of sulfonamides is 1. The Kier molecular flexibility index (Phi) is 5.07. The van der Waals surface area contributed by atoms with E-state index in [-0.39, 0.29) is 4.90 Å². The van der Waals surface area contributed by atoms with Crippen LogP contribution >= 0.6 is 0 Å². The number of fused-ring (bicyclic) bond motifs is 1. The van der Waals surface area contributed by atoms with Crippen molar-refractivity contribution in [3.05, 3.63) is 59.7 Å². The number of rotatable bonds is 5. The van der Waals surface area contributed by atoms with Crippen LogP contribution in [0.15, 0.2) is 53.4 Å². The smallest absolute Gasteiger partial charge is 0.271 e. The molecule has 1 heterocycles. The zero-order valence-electron chi connectivity index (χ0n) is 14.6. The van der Waals surface area contributed by atoms with Gasteiger partial charge in [-0.05, 0) is 41.8 Å². The average molecular weight is 396 g/mol. The molecular formula is C17H21N3O4S2. The van der Waals surface area contributed by atoms with Gasteiger partial charge in [0.1, 0.15) is 0 Å². The van der Waals surface area contributed by atoms with Crippen LogP contribution in [0.4, 0.5) is 5.69 Å². The van der Waals surface area contributed by atoms with Crippen LogP contribution in [0.25, 0.3) is 0 Å². The molecule has 26 heavy (non-hydrogen) atoms. The summed E-state index contributed by atoms with van der Waals surface area (Å²) < 4.78 is 54.3. The highest BCUT2D eigenvalue weighted by atomic mass is 32.2. The van der Waals surface area contributed by atoms with E-state index in [0.717, 1.165) is 9.87 Å². The number of nitrogens with one attached hydrogen (secondary N) is 1. The maximum atomic E-state index is 12.9. The zero-order valence-corrected chi connectivity index (χ0v) is 16.2. The molecule has 3 rings (SSSR count). The van der Waals surface area contributed by atoms with E-state index >= 15 is 0 Å².